The number of aryl methyl sites for hydroxylation is 1. The number of hydrogen-bond acceptors (Lipinski definition) is 5. The van der Waals surface area contributed by atoms with Crippen molar-refractivity contribution in [3.05, 3.63) is 84.1 Å². The molecule has 7 nitrogen and oxygen atoms in total. The molecule has 10 heteroatoms. The highest BCUT2D eigenvalue weighted by molar-refractivity contribution is 5.68. The molecule has 5 rings (SSSR count). The van der Waals surface area contributed by atoms with E-state index in [0.29, 0.717) is 11.1 Å². The van der Waals surface area contributed by atoms with Crippen molar-refractivity contribution in [2.75, 3.05) is 0 Å². The van der Waals surface area contributed by atoms with Gasteiger partial charge in [0.15, 0.2) is 5.82 Å². The number of fused-ring (bicyclic) bond motifs is 1. The van der Waals surface area contributed by atoms with Crippen LogP contribution in [0.5, 0.6) is 0 Å². The number of benzene rings is 2. The van der Waals surface area contributed by atoms with Crippen molar-refractivity contribution in [1.82, 2.24) is 29.1 Å². The number of hydrogen-bond donors (Lipinski definition) is 1. The van der Waals surface area contributed by atoms with Crippen molar-refractivity contribution in [3.8, 4) is 28.3 Å². The molecule has 0 aliphatic carbocycles. The van der Waals surface area contributed by atoms with Crippen LogP contribution in [0.25, 0.3) is 34.1 Å². The van der Waals surface area contributed by atoms with Gasteiger partial charge in [0.1, 0.15) is 0 Å². The highest BCUT2D eigenvalue weighted by atomic mass is 19.4. The van der Waals surface area contributed by atoms with E-state index >= 15 is 0 Å². The van der Waals surface area contributed by atoms with Crippen LogP contribution in [0.2, 0.25) is 0 Å². The Morgan fingerprint density at radius 1 is 1.03 bits per heavy atom. The molecule has 0 fully saturated rings. The lowest BCUT2D eigenvalue weighted by atomic mass is 10.0. The summed E-state index contributed by atoms with van der Waals surface area (Å²) in [5.74, 6) is 0.446. The van der Waals surface area contributed by atoms with Crippen molar-refractivity contribution in [1.29, 1.82) is 0 Å². The van der Waals surface area contributed by atoms with E-state index in [1.807, 2.05) is 13.1 Å². The van der Waals surface area contributed by atoms with E-state index in [4.69, 9.17) is 0 Å². The normalized spacial score (nSPS) is 11.9. The van der Waals surface area contributed by atoms with Gasteiger partial charge < -0.3 is 9.67 Å². The quantitative estimate of drug-likeness (QED) is 0.437. The summed E-state index contributed by atoms with van der Waals surface area (Å²) in [7, 11) is 0. The fraction of sp³-hybridized carbons (Fsp3) is 0.130. The monoisotopic (exact) mass is 450 g/mol. The summed E-state index contributed by atoms with van der Waals surface area (Å²) in [5.41, 5.74) is 2.25. The van der Waals surface area contributed by atoms with Gasteiger partial charge in [0.2, 0.25) is 0 Å². The second-order valence-electron chi connectivity index (χ2n) is 7.44. The maximum absolute atomic E-state index is 13.6. The number of halogens is 3. The molecule has 0 radical (unpaired) electrons. The second kappa shape index (κ2) is 7.82. The molecule has 0 bridgehead atoms. The molecular weight excluding hydrogens is 433 g/mol. The Bertz CT molecular complexity index is 1470. The Balaban J connectivity index is 1.63. The third kappa shape index (κ3) is 3.74. The van der Waals surface area contributed by atoms with E-state index in [2.05, 4.69) is 20.1 Å². The summed E-state index contributed by atoms with van der Waals surface area (Å²) < 4.78 is 43.8. The maximum Gasteiger partial charge on any atom is 0.417 e. The van der Waals surface area contributed by atoms with Gasteiger partial charge in [0.25, 0.3) is 5.78 Å². The first kappa shape index (κ1) is 20.8. The highest BCUT2D eigenvalue weighted by Gasteiger charge is 2.34. The van der Waals surface area contributed by atoms with Gasteiger partial charge in [-0.15, -0.1) is 5.10 Å². The number of aliphatic hydroxyl groups is 1. The molecule has 0 aliphatic heterocycles. The molecule has 0 aliphatic rings. The zero-order chi connectivity index (χ0) is 23.2. The van der Waals surface area contributed by atoms with Crippen molar-refractivity contribution >= 4 is 5.78 Å². The predicted octanol–water partition coefficient (Wildman–Crippen LogP) is 4.46. The molecule has 0 atom stereocenters. The zero-order valence-electron chi connectivity index (χ0n) is 17.3. The molecule has 0 spiro atoms. The fourth-order valence-electron chi connectivity index (χ4n) is 3.73. The zero-order valence-corrected chi connectivity index (χ0v) is 17.3. The second-order valence-corrected chi connectivity index (χ2v) is 7.44. The summed E-state index contributed by atoms with van der Waals surface area (Å²) >= 11 is 0. The average molecular weight is 450 g/mol. The molecule has 2 aromatic carbocycles. The number of rotatable bonds is 4. The third-order valence-electron chi connectivity index (χ3n) is 5.25. The first-order chi connectivity index (χ1) is 15.8. The maximum atomic E-state index is 13.6. The van der Waals surface area contributed by atoms with Crippen molar-refractivity contribution < 1.29 is 18.3 Å². The molecule has 0 saturated heterocycles. The molecule has 33 heavy (non-hydrogen) atoms. The lowest BCUT2D eigenvalue weighted by Gasteiger charge is -2.13. The summed E-state index contributed by atoms with van der Waals surface area (Å²) in [6.45, 7) is 1.64. The van der Waals surface area contributed by atoms with E-state index < -0.39 is 11.7 Å². The molecule has 0 saturated carbocycles. The Hall–Kier alpha value is -4.05. The van der Waals surface area contributed by atoms with Crippen LogP contribution in [-0.4, -0.2) is 34.2 Å². The fourth-order valence-corrected chi connectivity index (χ4v) is 3.73. The van der Waals surface area contributed by atoms with Crippen molar-refractivity contribution in [3.63, 3.8) is 0 Å². The molecule has 3 heterocycles. The number of alkyl halides is 3. The Labute approximate surface area is 185 Å². The SMILES string of the molecule is Cc1cn(-c2ccc(-c3nc4nccc(-c5ccccc5C(F)(F)F)n4n3)cc2CO)cn1. The van der Waals surface area contributed by atoms with Gasteiger partial charge in [0, 0.05) is 29.1 Å². The molecule has 0 amide bonds. The van der Waals surface area contributed by atoms with Crippen LogP contribution in [-0.2, 0) is 12.8 Å². The van der Waals surface area contributed by atoms with Gasteiger partial charge in [-0.2, -0.15) is 22.7 Å². The smallest absolute Gasteiger partial charge is 0.392 e. The molecule has 166 valence electrons. The first-order valence-corrected chi connectivity index (χ1v) is 9.98. The van der Waals surface area contributed by atoms with Gasteiger partial charge in [-0.25, -0.2) is 9.97 Å². The average Bonchev–Trinajstić information content (AvgIpc) is 3.44. The van der Waals surface area contributed by atoms with Crippen LogP contribution < -0.4 is 0 Å². The Morgan fingerprint density at radius 3 is 2.58 bits per heavy atom. The van der Waals surface area contributed by atoms with Gasteiger partial charge in [-0.1, -0.05) is 18.2 Å². The van der Waals surface area contributed by atoms with Crippen LogP contribution in [0.15, 0.2) is 67.3 Å². The van der Waals surface area contributed by atoms with E-state index in [0.717, 1.165) is 17.4 Å². The predicted molar refractivity (Wildman–Crippen MR) is 114 cm³/mol. The van der Waals surface area contributed by atoms with E-state index in [1.54, 1.807) is 35.2 Å². The largest absolute Gasteiger partial charge is 0.417 e. The molecular formula is C23H17F3N6O. The lowest BCUT2D eigenvalue weighted by molar-refractivity contribution is -0.137. The van der Waals surface area contributed by atoms with Crippen molar-refractivity contribution in [2.45, 2.75) is 19.7 Å². The molecule has 3 aromatic heterocycles. The topological polar surface area (TPSA) is 81.1 Å². The number of imidazole rings is 1. The van der Waals surface area contributed by atoms with Crippen LogP contribution in [0.4, 0.5) is 13.2 Å². The summed E-state index contributed by atoms with van der Waals surface area (Å²) in [6, 6.07) is 12.1. The van der Waals surface area contributed by atoms with Crippen LogP contribution in [0.1, 0.15) is 16.8 Å². The summed E-state index contributed by atoms with van der Waals surface area (Å²) in [5, 5.41) is 14.3. The molecule has 1 N–H and O–H groups in total. The van der Waals surface area contributed by atoms with Crippen LogP contribution in [0, 0.1) is 6.92 Å². The van der Waals surface area contributed by atoms with Gasteiger partial charge >= 0.3 is 6.18 Å². The summed E-state index contributed by atoms with van der Waals surface area (Å²) in [4.78, 5) is 12.8. The van der Waals surface area contributed by atoms with E-state index in [1.165, 1.54) is 28.9 Å². The third-order valence-corrected chi connectivity index (χ3v) is 5.25. The van der Waals surface area contributed by atoms with E-state index in [9.17, 15) is 18.3 Å². The van der Waals surface area contributed by atoms with Crippen LogP contribution >= 0.6 is 0 Å². The highest BCUT2D eigenvalue weighted by Crippen LogP contribution is 2.37. The molecule has 0 unspecified atom stereocenters. The van der Waals surface area contributed by atoms with Crippen LogP contribution in [0.3, 0.4) is 0 Å². The van der Waals surface area contributed by atoms with Crippen molar-refractivity contribution in [2.24, 2.45) is 0 Å². The number of aromatic nitrogens is 6. The van der Waals surface area contributed by atoms with Gasteiger partial charge in [-0.05, 0) is 37.3 Å². The van der Waals surface area contributed by atoms with Gasteiger partial charge in [-0.3, -0.25) is 0 Å². The minimum atomic E-state index is -4.52. The minimum Gasteiger partial charge on any atom is -0.392 e. The van der Waals surface area contributed by atoms with Gasteiger partial charge in [0.05, 0.1) is 35.6 Å². The molecule has 5 aromatic rings. The Kier molecular flexibility index (Phi) is 4.94. The summed E-state index contributed by atoms with van der Waals surface area (Å²) in [6.07, 6.45) is 0.375. The number of aliphatic hydroxyl groups excluding tert-OH is 1. The Morgan fingerprint density at radius 2 is 1.85 bits per heavy atom. The minimum absolute atomic E-state index is 0.0178. The van der Waals surface area contributed by atoms with E-state index in [-0.39, 0.29) is 29.5 Å². The first-order valence-electron chi connectivity index (χ1n) is 9.98. The lowest BCUT2D eigenvalue weighted by Crippen LogP contribution is -2.08. The standard InChI is InChI=1S/C23H17F3N6O/c1-14-11-31(13-28-14)19-7-6-15(10-16(19)12-33)21-29-22-27-9-8-20(32(22)30-21)17-4-2-3-5-18(17)23(24,25)26/h2-11,13,33H,12H2,1H3. The number of nitrogens with zero attached hydrogens (tertiary/aromatic N) is 6.